The largest absolute Gasteiger partial charge is 0.406 e. The third kappa shape index (κ3) is 8.98. The fourth-order valence-electron chi connectivity index (χ4n) is 1.33. The van der Waals surface area contributed by atoms with Crippen molar-refractivity contribution in [2.75, 3.05) is 26.3 Å². The molecule has 0 aliphatic heterocycles. The van der Waals surface area contributed by atoms with Crippen LogP contribution >= 0.6 is 0 Å². The summed E-state index contributed by atoms with van der Waals surface area (Å²) in [5.74, 6) is -1.24. The predicted molar refractivity (Wildman–Crippen MR) is 59.0 cm³/mol. The summed E-state index contributed by atoms with van der Waals surface area (Å²) < 4.78 is 41.8. The van der Waals surface area contributed by atoms with E-state index in [9.17, 15) is 22.8 Å². The molecule has 18 heavy (non-hydrogen) atoms. The van der Waals surface area contributed by atoms with Crippen LogP contribution in [0.1, 0.15) is 26.7 Å². The summed E-state index contributed by atoms with van der Waals surface area (Å²) in [6.07, 6.45) is -4.64. The number of ether oxygens (including phenoxy) is 1. The third-order valence-corrected chi connectivity index (χ3v) is 2.04. The zero-order valence-corrected chi connectivity index (χ0v) is 10.5. The average Bonchev–Trinajstić information content (AvgIpc) is 2.20. The molecule has 0 saturated heterocycles. The Bertz CT molecular complexity index is 279. The van der Waals surface area contributed by atoms with Crippen LogP contribution in [0.3, 0.4) is 0 Å². The van der Waals surface area contributed by atoms with E-state index in [-0.39, 0.29) is 13.2 Å². The smallest absolute Gasteiger partial charge is 0.382 e. The van der Waals surface area contributed by atoms with Crippen LogP contribution in [0.2, 0.25) is 0 Å². The number of Topliss-reactive ketones (excluding diaryl/α,β-unsaturated/α-hetero) is 1. The molecule has 0 saturated carbocycles. The lowest BCUT2D eigenvalue weighted by Crippen LogP contribution is -2.40. The minimum absolute atomic E-state index is 0.0639. The second-order valence-electron chi connectivity index (χ2n) is 3.86. The second-order valence-corrected chi connectivity index (χ2v) is 3.86. The molecule has 0 rings (SSSR count). The van der Waals surface area contributed by atoms with Crippen LogP contribution in [0, 0.1) is 0 Å². The van der Waals surface area contributed by atoms with Gasteiger partial charge in [-0.25, -0.2) is 0 Å². The van der Waals surface area contributed by atoms with Gasteiger partial charge < -0.3 is 9.64 Å². The molecular weight excluding hydrogens is 251 g/mol. The van der Waals surface area contributed by atoms with Gasteiger partial charge in [-0.05, 0) is 20.3 Å². The van der Waals surface area contributed by atoms with Gasteiger partial charge in [0, 0.05) is 19.8 Å². The SMILES string of the molecule is CCOCCCN(CC(F)(F)F)C(=O)CC(C)=O. The van der Waals surface area contributed by atoms with Crippen molar-refractivity contribution in [1.29, 1.82) is 0 Å². The summed E-state index contributed by atoms with van der Waals surface area (Å²) in [5, 5.41) is 0. The van der Waals surface area contributed by atoms with Crippen LogP contribution in [-0.4, -0.2) is 49.1 Å². The van der Waals surface area contributed by atoms with Gasteiger partial charge in [0.1, 0.15) is 12.3 Å². The summed E-state index contributed by atoms with van der Waals surface area (Å²) in [7, 11) is 0. The van der Waals surface area contributed by atoms with Crippen LogP contribution in [0.25, 0.3) is 0 Å². The Morgan fingerprint density at radius 2 is 1.89 bits per heavy atom. The van der Waals surface area contributed by atoms with Gasteiger partial charge in [-0.1, -0.05) is 0 Å². The maximum Gasteiger partial charge on any atom is 0.406 e. The number of carbonyl (C=O) groups is 2. The summed E-state index contributed by atoms with van der Waals surface area (Å²) in [4.78, 5) is 22.9. The molecular formula is C11H18F3NO3. The Balaban J connectivity index is 4.33. The lowest BCUT2D eigenvalue weighted by molar-refractivity contribution is -0.162. The number of alkyl halides is 3. The predicted octanol–water partition coefficient (Wildman–Crippen LogP) is 1.78. The van der Waals surface area contributed by atoms with Crippen molar-refractivity contribution < 1.29 is 27.5 Å². The van der Waals surface area contributed by atoms with Crippen LogP contribution in [-0.2, 0) is 14.3 Å². The van der Waals surface area contributed by atoms with Crippen molar-refractivity contribution in [3.8, 4) is 0 Å². The molecule has 7 heteroatoms. The highest BCUT2D eigenvalue weighted by Gasteiger charge is 2.32. The quantitative estimate of drug-likeness (QED) is 0.498. The van der Waals surface area contributed by atoms with E-state index in [2.05, 4.69) is 0 Å². The van der Waals surface area contributed by atoms with Gasteiger partial charge in [0.25, 0.3) is 0 Å². The Hall–Kier alpha value is -1.11. The molecule has 0 heterocycles. The fraction of sp³-hybridized carbons (Fsp3) is 0.818. The average molecular weight is 269 g/mol. The number of carbonyl (C=O) groups excluding carboxylic acids is 2. The van der Waals surface area contributed by atoms with E-state index in [1.54, 1.807) is 6.92 Å². The Morgan fingerprint density at radius 3 is 2.33 bits per heavy atom. The normalized spacial score (nSPS) is 11.4. The van der Waals surface area contributed by atoms with Crippen molar-refractivity contribution in [1.82, 2.24) is 4.90 Å². The van der Waals surface area contributed by atoms with Crippen molar-refractivity contribution in [3.63, 3.8) is 0 Å². The first-order chi connectivity index (χ1) is 8.26. The Labute approximate surface area is 104 Å². The number of ketones is 1. The van der Waals surface area contributed by atoms with Gasteiger partial charge >= 0.3 is 6.18 Å². The maximum absolute atomic E-state index is 12.3. The van der Waals surface area contributed by atoms with E-state index < -0.39 is 30.8 Å². The van der Waals surface area contributed by atoms with E-state index >= 15 is 0 Å². The van der Waals surface area contributed by atoms with Gasteiger partial charge in [-0.15, -0.1) is 0 Å². The molecule has 0 radical (unpaired) electrons. The van der Waals surface area contributed by atoms with Crippen molar-refractivity contribution in [2.45, 2.75) is 32.9 Å². The zero-order valence-electron chi connectivity index (χ0n) is 10.5. The second kappa shape index (κ2) is 8.07. The third-order valence-electron chi connectivity index (χ3n) is 2.04. The highest BCUT2D eigenvalue weighted by molar-refractivity contribution is 5.96. The molecule has 0 unspecified atom stereocenters. The molecule has 0 aliphatic carbocycles. The number of nitrogens with zero attached hydrogens (tertiary/aromatic N) is 1. The minimum Gasteiger partial charge on any atom is -0.382 e. The van der Waals surface area contributed by atoms with Gasteiger partial charge in [-0.3, -0.25) is 9.59 Å². The van der Waals surface area contributed by atoms with Crippen LogP contribution in [0.5, 0.6) is 0 Å². The minimum atomic E-state index is -4.46. The molecule has 0 aromatic carbocycles. The first kappa shape index (κ1) is 16.9. The highest BCUT2D eigenvalue weighted by Crippen LogP contribution is 2.17. The van der Waals surface area contributed by atoms with Gasteiger partial charge in [0.05, 0.1) is 6.42 Å². The molecule has 0 bridgehead atoms. The van der Waals surface area contributed by atoms with E-state index in [1.807, 2.05) is 0 Å². The summed E-state index contributed by atoms with van der Waals surface area (Å²) in [5.41, 5.74) is 0. The van der Waals surface area contributed by atoms with Crippen molar-refractivity contribution >= 4 is 11.7 Å². The Kier molecular flexibility index (Phi) is 7.58. The molecule has 0 aliphatic rings. The van der Waals surface area contributed by atoms with Gasteiger partial charge in [0.2, 0.25) is 5.91 Å². The molecule has 4 nitrogen and oxygen atoms in total. The molecule has 0 atom stereocenters. The van der Waals surface area contributed by atoms with E-state index in [0.29, 0.717) is 17.9 Å². The highest BCUT2D eigenvalue weighted by atomic mass is 19.4. The summed E-state index contributed by atoms with van der Waals surface area (Å²) >= 11 is 0. The summed E-state index contributed by atoms with van der Waals surface area (Å²) in [6, 6.07) is 0. The number of halogens is 3. The molecule has 0 aromatic rings. The molecule has 106 valence electrons. The first-order valence-corrected chi connectivity index (χ1v) is 5.68. The van der Waals surface area contributed by atoms with E-state index in [0.717, 1.165) is 0 Å². The molecule has 0 N–H and O–H groups in total. The maximum atomic E-state index is 12.3. The van der Waals surface area contributed by atoms with Crippen LogP contribution < -0.4 is 0 Å². The van der Waals surface area contributed by atoms with Crippen LogP contribution in [0.15, 0.2) is 0 Å². The number of amides is 1. The lowest BCUT2D eigenvalue weighted by Gasteiger charge is -2.23. The van der Waals surface area contributed by atoms with Crippen molar-refractivity contribution in [3.05, 3.63) is 0 Å². The van der Waals surface area contributed by atoms with Gasteiger partial charge in [0.15, 0.2) is 0 Å². The van der Waals surface area contributed by atoms with Crippen molar-refractivity contribution in [2.24, 2.45) is 0 Å². The van der Waals surface area contributed by atoms with Crippen LogP contribution in [0.4, 0.5) is 13.2 Å². The molecule has 0 fully saturated rings. The fourth-order valence-corrected chi connectivity index (χ4v) is 1.33. The zero-order chi connectivity index (χ0) is 14.2. The standard InChI is InChI=1S/C11H18F3NO3/c1-3-18-6-4-5-15(8-11(12,13)14)10(17)7-9(2)16/h3-8H2,1-2H3. The first-order valence-electron chi connectivity index (χ1n) is 5.68. The molecule has 0 spiro atoms. The monoisotopic (exact) mass is 269 g/mol. The topological polar surface area (TPSA) is 46.6 Å². The lowest BCUT2D eigenvalue weighted by atomic mass is 10.2. The molecule has 1 amide bonds. The number of hydrogen-bond acceptors (Lipinski definition) is 3. The van der Waals surface area contributed by atoms with Gasteiger partial charge in [-0.2, -0.15) is 13.2 Å². The molecule has 0 aromatic heterocycles. The summed E-state index contributed by atoms with van der Waals surface area (Å²) in [6.45, 7) is 2.31. The number of rotatable bonds is 8. The number of hydrogen-bond donors (Lipinski definition) is 0. The van der Waals surface area contributed by atoms with E-state index in [4.69, 9.17) is 4.74 Å². The van der Waals surface area contributed by atoms with E-state index in [1.165, 1.54) is 6.92 Å². The Morgan fingerprint density at radius 1 is 1.28 bits per heavy atom.